The Kier molecular flexibility index (Phi) is 7.78. The summed E-state index contributed by atoms with van der Waals surface area (Å²) < 4.78 is 37.8. The first kappa shape index (κ1) is 21.4. The van der Waals surface area contributed by atoms with Crippen LogP contribution in [0.5, 0.6) is 5.75 Å². The lowest BCUT2D eigenvalue weighted by molar-refractivity contribution is -0.147. The summed E-state index contributed by atoms with van der Waals surface area (Å²) >= 11 is 3.21. The second kappa shape index (κ2) is 9.84. The van der Waals surface area contributed by atoms with Crippen LogP contribution in [-0.2, 0) is 19.6 Å². The Hall–Kier alpha value is -1.94. The fourth-order valence-corrected chi connectivity index (χ4v) is 3.51. The summed E-state index contributed by atoms with van der Waals surface area (Å²) in [6.45, 7) is 1.25. The van der Waals surface area contributed by atoms with Crippen LogP contribution in [-0.4, -0.2) is 45.4 Å². The molecule has 0 aliphatic heterocycles. The highest BCUT2D eigenvalue weighted by Gasteiger charge is 2.26. The first-order valence-electron chi connectivity index (χ1n) is 8.06. The van der Waals surface area contributed by atoms with Crippen LogP contribution < -0.4 is 9.46 Å². The summed E-state index contributed by atoms with van der Waals surface area (Å²) in [7, 11) is -3.97. The van der Waals surface area contributed by atoms with Crippen LogP contribution in [0.15, 0.2) is 57.9 Å². The van der Waals surface area contributed by atoms with Gasteiger partial charge in [-0.1, -0.05) is 33.6 Å². The van der Waals surface area contributed by atoms with Crippen LogP contribution in [0.25, 0.3) is 0 Å². The molecule has 0 saturated heterocycles. The average molecular weight is 458 g/mol. The first-order valence-corrected chi connectivity index (χ1v) is 10.3. The average Bonchev–Trinajstić information content (AvgIpc) is 2.65. The molecule has 2 N–H and O–H groups in total. The van der Waals surface area contributed by atoms with Crippen molar-refractivity contribution in [3.05, 3.63) is 58.6 Å². The molecule has 0 radical (unpaired) electrons. The van der Waals surface area contributed by atoms with Crippen molar-refractivity contribution in [2.75, 3.05) is 19.8 Å². The molecule has 0 spiro atoms. The van der Waals surface area contributed by atoms with Gasteiger partial charge in [0.25, 0.3) is 0 Å². The van der Waals surface area contributed by atoms with Crippen LogP contribution >= 0.6 is 15.9 Å². The van der Waals surface area contributed by atoms with Gasteiger partial charge in [0.05, 0.1) is 11.5 Å². The second-order valence-electron chi connectivity index (χ2n) is 5.64. The molecular weight excluding hydrogens is 438 g/mol. The molecule has 1 atom stereocenters. The summed E-state index contributed by atoms with van der Waals surface area (Å²) in [5.74, 6) is -0.253. The van der Waals surface area contributed by atoms with Gasteiger partial charge in [-0.15, -0.1) is 0 Å². The molecule has 0 amide bonds. The molecule has 27 heavy (non-hydrogen) atoms. The Labute approximate surface area is 166 Å². The van der Waals surface area contributed by atoms with Gasteiger partial charge in [0, 0.05) is 4.47 Å². The summed E-state index contributed by atoms with van der Waals surface area (Å²) in [4.78, 5) is 12.0. The van der Waals surface area contributed by atoms with Gasteiger partial charge in [0.2, 0.25) is 10.0 Å². The number of nitrogens with one attached hydrogen (secondary N) is 1. The van der Waals surface area contributed by atoms with E-state index < -0.39 is 28.6 Å². The monoisotopic (exact) mass is 457 g/mol. The van der Waals surface area contributed by atoms with Crippen molar-refractivity contribution >= 4 is 31.9 Å². The van der Waals surface area contributed by atoms with Crippen molar-refractivity contribution in [3.8, 4) is 5.75 Å². The summed E-state index contributed by atoms with van der Waals surface area (Å²) in [6, 6.07) is 11.8. The number of aliphatic hydroxyl groups is 1. The van der Waals surface area contributed by atoms with Crippen molar-refractivity contribution in [3.63, 3.8) is 0 Å². The lowest BCUT2D eigenvalue weighted by atomic mass is 10.2. The third-order valence-electron chi connectivity index (χ3n) is 3.51. The van der Waals surface area contributed by atoms with Crippen LogP contribution in [0.2, 0.25) is 0 Å². The topological polar surface area (TPSA) is 102 Å². The van der Waals surface area contributed by atoms with Gasteiger partial charge in [-0.25, -0.2) is 8.42 Å². The zero-order chi connectivity index (χ0) is 19.9. The minimum Gasteiger partial charge on any atom is -0.490 e. The molecule has 2 aromatic rings. The highest BCUT2D eigenvalue weighted by molar-refractivity contribution is 9.10. The van der Waals surface area contributed by atoms with Gasteiger partial charge in [-0.3, -0.25) is 4.79 Å². The van der Waals surface area contributed by atoms with Gasteiger partial charge >= 0.3 is 5.97 Å². The summed E-state index contributed by atoms with van der Waals surface area (Å²) in [5, 5.41) is 9.34. The second-order valence-corrected chi connectivity index (χ2v) is 8.27. The van der Waals surface area contributed by atoms with Gasteiger partial charge in [-0.05, 0) is 43.3 Å². The molecule has 0 aromatic heterocycles. The number of aliphatic hydroxyl groups excluding tert-OH is 1. The maximum atomic E-state index is 12.3. The number of carbonyl (C=O) groups is 1. The fourth-order valence-electron chi connectivity index (χ4n) is 2.07. The van der Waals surface area contributed by atoms with Crippen LogP contribution in [0.1, 0.15) is 5.56 Å². The highest BCUT2D eigenvalue weighted by Crippen LogP contribution is 2.15. The van der Waals surface area contributed by atoms with E-state index in [-0.39, 0.29) is 18.1 Å². The third kappa shape index (κ3) is 6.62. The van der Waals surface area contributed by atoms with E-state index in [1.165, 1.54) is 12.1 Å². The molecule has 0 bridgehead atoms. The van der Waals surface area contributed by atoms with Gasteiger partial charge in [0.15, 0.2) is 0 Å². The zero-order valence-corrected chi connectivity index (χ0v) is 17.0. The van der Waals surface area contributed by atoms with Gasteiger partial charge in [-0.2, -0.15) is 4.72 Å². The van der Waals surface area contributed by atoms with Gasteiger partial charge < -0.3 is 14.6 Å². The predicted molar refractivity (Wildman–Crippen MR) is 103 cm³/mol. The standard InChI is InChI=1S/C18H20BrNO6S/c1-13-2-6-15(7-3-13)25-10-11-26-18(22)17(12-21)20-27(23,24)16-8-4-14(19)5-9-16/h2-9,17,20-21H,10-12H2,1H3. The SMILES string of the molecule is Cc1ccc(OCCOC(=O)C(CO)NS(=O)(=O)c2ccc(Br)cc2)cc1. The van der Waals surface area contributed by atoms with E-state index in [9.17, 15) is 18.3 Å². The number of aryl methyl sites for hydroxylation is 1. The molecule has 0 aliphatic rings. The zero-order valence-electron chi connectivity index (χ0n) is 14.6. The van der Waals surface area contributed by atoms with Crippen molar-refractivity contribution in [1.29, 1.82) is 0 Å². The molecular formula is C18H20BrNO6S. The third-order valence-corrected chi connectivity index (χ3v) is 5.52. The Balaban J connectivity index is 1.85. The van der Waals surface area contributed by atoms with Crippen LogP contribution in [0, 0.1) is 6.92 Å². The Morgan fingerprint density at radius 1 is 1.11 bits per heavy atom. The van der Waals surface area contributed by atoms with E-state index in [1.807, 2.05) is 19.1 Å². The fraction of sp³-hybridized carbons (Fsp3) is 0.278. The molecule has 2 rings (SSSR count). The summed E-state index contributed by atoms with van der Waals surface area (Å²) in [6.07, 6.45) is 0. The molecule has 7 nitrogen and oxygen atoms in total. The van der Waals surface area contributed by atoms with E-state index >= 15 is 0 Å². The van der Waals surface area contributed by atoms with E-state index in [0.717, 1.165) is 5.56 Å². The summed E-state index contributed by atoms with van der Waals surface area (Å²) in [5.41, 5.74) is 1.10. The molecule has 0 heterocycles. The molecule has 9 heteroatoms. The molecule has 0 aliphatic carbocycles. The van der Waals surface area contributed by atoms with Crippen molar-refractivity contribution < 1.29 is 27.8 Å². The smallest absolute Gasteiger partial charge is 0.326 e. The van der Waals surface area contributed by atoms with E-state index in [0.29, 0.717) is 10.2 Å². The Bertz CT molecular complexity index is 852. The number of hydrogen-bond donors (Lipinski definition) is 2. The van der Waals surface area contributed by atoms with Crippen molar-refractivity contribution in [2.24, 2.45) is 0 Å². The first-order chi connectivity index (χ1) is 12.8. The van der Waals surface area contributed by atoms with Crippen molar-refractivity contribution in [1.82, 2.24) is 4.72 Å². The largest absolute Gasteiger partial charge is 0.490 e. The van der Waals surface area contributed by atoms with E-state index in [2.05, 4.69) is 20.7 Å². The lowest BCUT2D eigenvalue weighted by Gasteiger charge is -2.16. The van der Waals surface area contributed by atoms with Crippen LogP contribution in [0.4, 0.5) is 0 Å². The van der Waals surface area contributed by atoms with E-state index in [4.69, 9.17) is 9.47 Å². The minimum atomic E-state index is -3.97. The Morgan fingerprint density at radius 3 is 2.33 bits per heavy atom. The number of sulfonamides is 1. The normalized spacial score (nSPS) is 12.4. The highest BCUT2D eigenvalue weighted by atomic mass is 79.9. The number of carbonyl (C=O) groups excluding carboxylic acids is 1. The van der Waals surface area contributed by atoms with Crippen molar-refractivity contribution in [2.45, 2.75) is 17.9 Å². The molecule has 0 fully saturated rings. The molecule has 2 aromatic carbocycles. The minimum absolute atomic E-state index is 0.0281. The molecule has 1 unspecified atom stereocenters. The number of rotatable bonds is 9. The van der Waals surface area contributed by atoms with E-state index in [1.54, 1.807) is 24.3 Å². The Morgan fingerprint density at radius 2 is 1.74 bits per heavy atom. The lowest BCUT2D eigenvalue weighted by Crippen LogP contribution is -2.44. The number of halogens is 1. The maximum Gasteiger partial charge on any atom is 0.326 e. The van der Waals surface area contributed by atoms with Gasteiger partial charge in [0.1, 0.15) is 25.0 Å². The molecule has 146 valence electrons. The number of ether oxygens (including phenoxy) is 2. The number of benzene rings is 2. The quantitative estimate of drug-likeness (QED) is 0.441. The predicted octanol–water partition coefficient (Wildman–Crippen LogP) is 2.02. The number of hydrogen-bond acceptors (Lipinski definition) is 6. The maximum absolute atomic E-state index is 12.3. The van der Waals surface area contributed by atoms with Crippen LogP contribution in [0.3, 0.4) is 0 Å². The molecule has 0 saturated carbocycles. The number of esters is 1.